The lowest BCUT2D eigenvalue weighted by atomic mass is 9.78. The van der Waals surface area contributed by atoms with E-state index in [-0.39, 0.29) is 25.3 Å². The number of carbonyl (C=O) groups is 1. The van der Waals surface area contributed by atoms with E-state index in [0.29, 0.717) is 5.92 Å². The van der Waals surface area contributed by atoms with Gasteiger partial charge in [-0.25, -0.2) is 4.79 Å². The maximum Gasteiger partial charge on any atom is 0.343 e. The van der Waals surface area contributed by atoms with Crippen LogP contribution in [0.15, 0.2) is 100 Å². The summed E-state index contributed by atoms with van der Waals surface area (Å²) in [5.41, 5.74) is 6.96. The molecule has 0 fully saturated rings. The van der Waals surface area contributed by atoms with Crippen molar-refractivity contribution in [1.29, 1.82) is 0 Å². The van der Waals surface area contributed by atoms with Crippen LogP contribution in [0.4, 0.5) is 0 Å². The van der Waals surface area contributed by atoms with Crippen LogP contribution in [0.1, 0.15) is 105 Å². The van der Waals surface area contributed by atoms with Crippen molar-refractivity contribution >= 4 is 16.7 Å². The molecule has 2 aromatic carbocycles. The van der Waals surface area contributed by atoms with Crippen LogP contribution >= 0.6 is 0 Å². The Balaban J connectivity index is 1.78. The van der Waals surface area contributed by atoms with Gasteiger partial charge in [0.05, 0.1) is 13.2 Å². The Morgan fingerprint density at radius 1 is 0.894 bits per heavy atom. The zero-order valence-electron chi connectivity index (χ0n) is 29.9. The van der Waals surface area contributed by atoms with Crippen molar-refractivity contribution in [3.8, 4) is 0 Å². The third-order valence-electron chi connectivity index (χ3n) is 9.81. The molecule has 5 nitrogen and oxygen atoms in total. The van der Waals surface area contributed by atoms with Crippen LogP contribution in [0.3, 0.4) is 0 Å². The number of hydrogen-bond donors (Lipinski definition) is 2. The highest BCUT2D eigenvalue weighted by molar-refractivity contribution is 5.92. The number of allylic oxidation sites excluding steroid dienone is 7. The van der Waals surface area contributed by atoms with Crippen LogP contribution in [-0.4, -0.2) is 42.6 Å². The summed E-state index contributed by atoms with van der Waals surface area (Å²) < 4.78 is 12.3. The Labute approximate surface area is 283 Å². The van der Waals surface area contributed by atoms with Gasteiger partial charge in [-0.3, -0.25) is 0 Å². The second-order valence-corrected chi connectivity index (χ2v) is 13.5. The molecule has 0 heterocycles. The zero-order chi connectivity index (χ0) is 34.4. The Bertz CT molecular complexity index is 1480. The molecule has 47 heavy (non-hydrogen) atoms. The van der Waals surface area contributed by atoms with E-state index in [0.717, 1.165) is 85.3 Å². The summed E-state index contributed by atoms with van der Waals surface area (Å²) in [6.07, 6.45) is 16.4. The van der Waals surface area contributed by atoms with Crippen molar-refractivity contribution in [1.82, 2.24) is 0 Å². The maximum absolute atomic E-state index is 14.0. The molecule has 0 saturated carbocycles. The lowest BCUT2D eigenvalue weighted by molar-refractivity contribution is -0.173. The number of esters is 1. The summed E-state index contributed by atoms with van der Waals surface area (Å²) in [6, 6.07) is 14.0. The van der Waals surface area contributed by atoms with E-state index in [9.17, 15) is 15.0 Å². The third-order valence-corrected chi connectivity index (χ3v) is 9.81. The van der Waals surface area contributed by atoms with Crippen molar-refractivity contribution in [2.75, 3.05) is 20.3 Å². The van der Waals surface area contributed by atoms with Gasteiger partial charge in [-0.1, -0.05) is 89.1 Å². The first-order valence-electron chi connectivity index (χ1n) is 17.3. The topological polar surface area (TPSA) is 76.0 Å². The molecule has 0 saturated heterocycles. The van der Waals surface area contributed by atoms with E-state index in [1.807, 2.05) is 62.4 Å². The summed E-state index contributed by atoms with van der Waals surface area (Å²) in [7, 11) is 1.57. The fourth-order valence-corrected chi connectivity index (χ4v) is 6.56. The van der Waals surface area contributed by atoms with Gasteiger partial charge < -0.3 is 19.7 Å². The minimum absolute atomic E-state index is 0.0244. The molecule has 0 radical (unpaired) electrons. The van der Waals surface area contributed by atoms with Crippen LogP contribution in [0.2, 0.25) is 0 Å². The van der Waals surface area contributed by atoms with E-state index in [1.165, 1.54) is 22.3 Å². The molecule has 0 amide bonds. The van der Waals surface area contributed by atoms with E-state index in [1.54, 1.807) is 7.11 Å². The van der Waals surface area contributed by atoms with Crippen LogP contribution in [-0.2, 0) is 19.9 Å². The standard InChI is InChI=1S/C42H58O5/c1-30(2)13-10-15-34(29-44)16-11-14-31(3)21-23-35-24-26-40(37(33(35)5)25-22-32(4)27-28-43)47-41(45)42(6,46-7)39-20-12-18-36-17-8-9-19-38(36)39/h8-9,12-13,16-21,27,35,40,43-44H,10-11,14-15,22-26,28-29H2,1-7H3/b31-21+,32-27+,34-16-/t35-,40+,42+/m1/s1. The average molecular weight is 643 g/mol. The van der Waals surface area contributed by atoms with Gasteiger partial charge in [0.25, 0.3) is 0 Å². The molecule has 5 heteroatoms. The minimum Gasteiger partial charge on any atom is -0.455 e. The number of aliphatic hydroxyl groups is 2. The van der Waals surface area contributed by atoms with Crippen LogP contribution in [0, 0.1) is 5.92 Å². The van der Waals surface area contributed by atoms with E-state index in [2.05, 4.69) is 45.9 Å². The molecule has 3 rings (SSSR count). The highest BCUT2D eigenvalue weighted by Gasteiger charge is 2.41. The van der Waals surface area contributed by atoms with Gasteiger partial charge in [-0.05, 0) is 127 Å². The number of fused-ring (bicyclic) bond motifs is 1. The third kappa shape index (κ3) is 10.9. The second-order valence-electron chi connectivity index (χ2n) is 13.5. The average Bonchev–Trinajstić information content (AvgIpc) is 3.06. The van der Waals surface area contributed by atoms with Gasteiger partial charge in [0.15, 0.2) is 5.60 Å². The van der Waals surface area contributed by atoms with E-state index in [4.69, 9.17) is 9.47 Å². The SMILES string of the molecule is CO[C@](C)(C(=O)O[C@H]1CC[C@@H](C/C=C(\C)CC/C=C(\CO)CCC=C(C)C)C(C)=C1CC/C(C)=C/CO)c1cccc2ccccc12. The fourth-order valence-electron chi connectivity index (χ4n) is 6.56. The normalized spacial score (nSPS) is 19.1. The molecule has 3 atom stereocenters. The first-order chi connectivity index (χ1) is 22.5. The van der Waals surface area contributed by atoms with Crippen LogP contribution < -0.4 is 0 Å². The van der Waals surface area contributed by atoms with Crippen molar-refractivity contribution in [3.63, 3.8) is 0 Å². The van der Waals surface area contributed by atoms with Crippen LogP contribution in [0.25, 0.3) is 10.8 Å². The number of benzene rings is 2. The predicted octanol–water partition coefficient (Wildman–Crippen LogP) is 9.84. The van der Waals surface area contributed by atoms with Gasteiger partial charge in [-0.2, -0.15) is 0 Å². The molecular weight excluding hydrogens is 584 g/mol. The van der Waals surface area contributed by atoms with Gasteiger partial charge >= 0.3 is 5.97 Å². The molecule has 0 aromatic heterocycles. The Morgan fingerprint density at radius 3 is 2.30 bits per heavy atom. The number of aliphatic hydroxyl groups excluding tert-OH is 2. The molecule has 0 unspecified atom stereocenters. The molecule has 0 spiro atoms. The maximum atomic E-state index is 14.0. The molecule has 256 valence electrons. The lowest BCUT2D eigenvalue weighted by Gasteiger charge is -2.35. The van der Waals surface area contributed by atoms with E-state index < -0.39 is 5.60 Å². The second kappa shape index (κ2) is 18.9. The largest absolute Gasteiger partial charge is 0.455 e. The van der Waals surface area contributed by atoms with Crippen molar-refractivity contribution < 1.29 is 24.5 Å². The van der Waals surface area contributed by atoms with Gasteiger partial charge in [0.1, 0.15) is 6.10 Å². The molecule has 1 aliphatic carbocycles. The summed E-state index contributed by atoms with van der Waals surface area (Å²) in [5, 5.41) is 21.2. The molecule has 2 aromatic rings. The molecule has 0 aliphatic heterocycles. The van der Waals surface area contributed by atoms with Gasteiger partial charge in [0, 0.05) is 12.7 Å². The summed E-state index contributed by atoms with van der Waals surface area (Å²) in [5.74, 6) is 0.0103. The summed E-state index contributed by atoms with van der Waals surface area (Å²) >= 11 is 0. The predicted molar refractivity (Wildman–Crippen MR) is 195 cm³/mol. The summed E-state index contributed by atoms with van der Waals surface area (Å²) in [6.45, 7) is 12.6. The molecule has 0 bridgehead atoms. The first-order valence-corrected chi connectivity index (χ1v) is 17.3. The Morgan fingerprint density at radius 2 is 1.60 bits per heavy atom. The van der Waals surface area contributed by atoms with Crippen molar-refractivity contribution in [2.45, 2.75) is 111 Å². The number of rotatable bonds is 17. The van der Waals surface area contributed by atoms with Crippen LogP contribution in [0.5, 0.6) is 0 Å². The number of ether oxygens (including phenoxy) is 2. The van der Waals surface area contributed by atoms with Crippen molar-refractivity contribution in [3.05, 3.63) is 106 Å². The van der Waals surface area contributed by atoms with Crippen molar-refractivity contribution in [2.24, 2.45) is 5.92 Å². The lowest BCUT2D eigenvalue weighted by Crippen LogP contribution is -2.40. The van der Waals surface area contributed by atoms with E-state index >= 15 is 0 Å². The molecule has 1 aliphatic rings. The van der Waals surface area contributed by atoms with Gasteiger partial charge in [-0.15, -0.1) is 0 Å². The zero-order valence-corrected chi connectivity index (χ0v) is 29.9. The van der Waals surface area contributed by atoms with Gasteiger partial charge in [0.2, 0.25) is 0 Å². The fraction of sp³-hybridized carbons (Fsp3) is 0.500. The monoisotopic (exact) mass is 642 g/mol. The number of methoxy groups -OCH3 is 1. The Hall–Kier alpha value is -3.25. The quantitative estimate of drug-likeness (QED) is 0.133. The minimum atomic E-state index is -1.25. The number of hydrogen-bond acceptors (Lipinski definition) is 5. The first kappa shape index (κ1) is 38.2. The Kier molecular flexibility index (Phi) is 15.4. The smallest absolute Gasteiger partial charge is 0.343 e. The number of carbonyl (C=O) groups excluding carboxylic acids is 1. The molecule has 2 N–H and O–H groups in total. The highest BCUT2D eigenvalue weighted by atomic mass is 16.6. The molecular formula is C42H58O5. The highest BCUT2D eigenvalue weighted by Crippen LogP contribution is 2.39. The summed E-state index contributed by atoms with van der Waals surface area (Å²) in [4.78, 5) is 14.0.